The first-order chi connectivity index (χ1) is 8.38. The van der Waals surface area contributed by atoms with E-state index >= 15 is 0 Å². The Morgan fingerprint density at radius 1 is 1.39 bits per heavy atom. The molecule has 98 valence electrons. The zero-order chi connectivity index (χ0) is 13.9. The SMILES string of the molecule is CCC(C(=O)O)C(=O)N(C)c1cc(F)ccc1F. The maximum absolute atomic E-state index is 13.4. The summed E-state index contributed by atoms with van der Waals surface area (Å²) in [5.41, 5.74) is -0.278. The minimum absolute atomic E-state index is 0.0788. The highest BCUT2D eigenvalue weighted by Gasteiger charge is 2.29. The molecule has 4 nitrogen and oxygen atoms in total. The Labute approximate surface area is 103 Å². The number of nitrogens with zero attached hydrogens (tertiary/aromatic N) is 1. The first-order valence-corrected chi connectivity index (χ1v) is 5.33. The van der Waals surface area contributed by atoms with Crippen LogP contribution in [0.1, 0.15) is 13.3 Å². The van der Waals surface area contributed by atoms with Crippen LogP contribution in [0.4, 0.5) is 14.5 Å². The zero-order valence-corrected chi connectivity index (χ0v) is 9.98. The van der Waals surface area contributed by atoms with Crippen molar-refractivity contribution >= 4 is 17.6 Å². The summed E-state index contributed by atoms with van der Waals surface area (Å²) < 4.78 is 26.4. The number of hydrogen-bond acceptors (Lipinski definition) is 2. The van der Waals surface area contributed by atoms with Crippen molar-refractivity contribution in [3.05, 3.63) is 29.8 Å². The van der Waals surface area contributed by atoms with E-state index < -0.39 is 29.4 Å². The predicted octanol–water partition coefficient (Wildman–Crippen LogP) is 2.04. The van der Waals surface area contributed by atoms with Crippen molar-refractivity contribution in [1.82, 2.24) is 0 Å². The molecule has 18 heavy (non-hydrogen) atoms. The number of benzene rings is 1. The Kier molecular flexibility index (Phi) is 4.36. The average molecular weight is 257 g/mol. The largest absolute Gasteiger partial charge is 0.481 e. The number of rotatable bonds is 4. The monoisotopic (exact) mass is 257 g/mol. The molecule has 0 aliphatic heterocycles. The van der Waals surface area contributed by atoms with E-state index in [0.29, 0.717) is 0 Å². The fraction of sp³-hybridized carbons (Fsp3) is 0.333. The van der Waals surface area contributed by atoms with Crippen LogP contribution >= 0.6 is 0 Å². The van der Waals surface area contributed by atoms with Crippen molar-refractivity contribution in [2.24, 2.45) is 5.92 Å². The Morgan fingerprint density at radius 3 is 2.50 bits per heavy atom. The Balaban J connectivity index is 3.06. The number of carboxylic acids is 1. The summed E-state index contributed by atoms with van der Waals surface area (Å²) in [6.07, 6.45) is 0.0788. The normalized spacial score (nSPS) is 12.0. The van der Waals surface area contributed by atoms with Crippen LogP contribution in [0.25, 0.3) is 0 Å². The standard InChI is InChI=1S/C12H13F2NO3/c1-3-8(12(17)18)11(16)15(2)10-6-7(13)4-5-9(10)14/h4-6,8H,3H2,1-2H3,(H,17,18). The summed E-state index contributed by atoms with van der Waals surface area (Å²) in [7, 11) is 1.21. The van der Waals surface area contributed by atoms with Gasteiger partial charge >= 0.3 is 5.97 Å². The second kappa shape index (κ2) is 5.57. The van der Waals surface area contributed by atoms with E-state index in [1.807, 2.05) is 0 Å². The number of hydrogen-bond donors (Lipinski definition) is 1. The molecule has 0 spiro atoms. The molecule has 0 aromatic heterocycles. The Hall–Kier alpha value is -1.98. The third-order valence-electron chi connectivity index (χ3n) is 2.60. The molecule has 1 atom stereocenters. The zero-order valence-electron chi connectivity index (χ0n) is 9.98. The van der Waals surface area contributed by atoms with Crippen LogP contribution in [-0.4, -0.2) is 24.0 Å². The maximum Gasteiger partial charge on any atom is 0.316 e. The van der Waals surface area contributed by atoms with Crippen LogP contribution in [0.5, 0.6) is 0 Å². The number of halogens is 2. The van der Waals surface area contributed by atoms with Gasteiger partial charge in [-0.15, -0.1) is 0 Å². The van der Waals surface area contributed by atoms with Crippen molar-refractivity contribution in [3.8, 4) is 0 Å². The number of carbonyl (C=O) groups is 2. The van der Waals surface area contributed by atoms with Crippen molar-refractivity contribution in [2.45, 2.75) is 13.3 Å². The second-order valence-electron chi connectivity index (χ2n) is 3.79. The van der Waals surface area contributed by atoms with Crippen molar-refractivity contribution < 1.29 is 23.5 Å². The fourth-order valence-corrected chi connectivity index (χ4v) is 1.55. The Bertz CT molecular complexity index is 476. The summed E-state index contributed by atoms with van der Waals surface area (Å²) in [4.78, 5) is 23.5. The predicted molar refractivity (Wildman–Crippen MR) is 61.2 cm³/mol. The second-order valence-corrected chi connectivity index (χ2v) is 3.79. The molecule has 0 saturated carbocycles. The minimum atomic E-state index is -1.29. The van der Waals surface area contributed by atoms with E-state index in [9.17, 15) is 18.4 Å². The average Bonchev–Trinajstić information content (AvgIpc) is 2.31. The molecule has 1 aromatic carbocycles. The van der Waals surface area contributed by atoms with E-state index in [1.54, 1.807) is 0 Å². The van der Waals surface area contributed by atoms with E-state index in [-0.39, 0.29) is 12.1 Å². The topological polar surface area (TPSA) is 57.6 Å². The van der Waals surface area contributed by atoms with Crippen LogP contribution < -0.4 is 4.90 Å². The van der Waals surface area contributed by atoms with Gasteiger partial charge in [0.2, 0.25) is 5.91 Å². The van der Waals surface area contributed by atoms with E-state index in [2.05, 4.69) is 0 Å². The van der Waals surface area contributed by atoms with Gasteiger partial charge in [-0.25, -0.2) is 8.78 Å². The molecule has 1 unspecified atom stereocenters. The molecule has 1 N–H and O–H groups in total. The van der Waals surface area contributed by atoms with E-state index in [0.717, 1.165) is 23.1 Å². The highest BCUT2D eigenvalue weighted by molar-refractivity contribution is 6.05. The van der Waals surface area contributed by atoms with Gasteiger partial charge in [-0.3, -0.25) is 9.59 Å². The molecular weight excluding hydrogens is 244 g/mol. The first-order valence-electron chi connectivity index (χ1n) is 5.33. The van der Waals surface area contributed by atoms with Crippen molar-refractivity contribution in [3.63, 3.8) is 0 Å². The van der Waals surface area contributed by atoms with Crippen LogP contribution in [-0.2, 0) is 9.59 Å². The number of amides is 1. The molecule has 0 aliphatic rings. The third-order valence-corrected chi connectivity index (χ3v) is 2.60. The lowest BCUT2D eigenvalue weighted by Crippen LogP contribution is -2.37. The molecule has 0 aliphatic carbocycles. The van der Waals surface area contributed by atoms with Gasteiger partial charge < -0.3 is 10.0 Å². The van der Waals surface area contributed by atoms with Crippen LogP contribution in [0.15, 0.2) is 18.2 Å². The van der Waals surface area contributed by atoms with Gasteiger partial charge in [0.05, 0.1) is 5.69 Å². The minimum Gasteiger partial charge on any atom is -0.481 e. The third kappa shape index (κ3) is 2.82. The van der Waals surface area contributed by atoms with Crippen LogP contribution in [0, 0.1) is 17.6 Å². The fourth-order valence-electron chi connectivity index (χ4n) is 1.55. The molecule has 0 fully saturated rings. The number of anilines is 1. The van der Waals surface area contributed by atoms with Gasteiger partial charge in [-0.2, -0.15) is 0 Å². The lowest BCUT2D eigenvalue weighted by molar-refractivity contribution is -0.146. The van der Waals surface area contributed by atoms with Crippen molar-refractivity contribution in [2.75, 3.05) is 11.9 Å². The number of carbonyl (C=O) groups excluding carboxylic acids is 1. The van der Waals surface area contributed by atoms with Crippen molar-refractivity contribution in [1.29, 1.82) is 0 Å². The highest BCUT2D eigenvalue weighted by Crippen LogP contribution is 2.21. The molecule has 6 heteroatoms. The number of carboxylic acid groups (broad SMARTS) is 1. The molecule has 0 bridgehead atoms. The summed E-state index contributed by atoms with van der Waals surface area (Å²) in [5.74, 6) is -4.82. The van der Waals surface area contributed by atoms with Gasteiger partial charge in [0.25, 0.3) is 0 Å². The number of aliphatic carboxylic acids is 1. The lowest BCUT2D eigenvalue weighted by Gasteiger charge is -2.21. The van der Waals surface area contributed by atoms with Gasteiger partial charge in [-0.05, 0) is 18.6 Å². The van der Waals surface area contributed by atoms with E-state index in [4.69, 9.17) is 5.11 Å². The molecule has 0 radical (unpaired) electrons. The molecule has 1 rings (SSSR count). The highest BCUT2D eigenvalue weighted by atomic mass is 19.1. The molecular formula is C12H13F2NO3. The van der Waals surface area contributed by atoms with Gasteiger partial charge in [0.1, 0.15) is 17.6 Å². The molecule has 1 aromatic rings. The Morgan fingerprint density at radius 2 is 2.00 bits per heavy atom. The van der Waals surface area contributed by atoms with Gasteiger partial charge in [0, 0.05) is 13.1 Å². The smallest absolute Gasteiger partial charge is 0.316 e. The molecule has 0 saturated heterocycles. The summed E-state index contributed by atoms with van der Waals surface area (Å²) >= 11 is 0. The maximum atomic E-state index is 13.4. The van der Waals surface area contributed by atoms with Crippen LogP contribution in [0.3, 0.4) is 0 Å². The first kappa shape index (κ1) is 14.1. The van der Waals surface area contributed by atoms with Crippen LogP contribution in [0.2, 0.25) is 0 Å². The summed E-state index contributed by atoms with van der Waals surface area (Å²) in [5, 5.41) is 8.85. The lowest BCUT2D eigenvalue weighted by atomic mass is 10.1. The quantitative estimate of drug-likeness (QED) is 0.840. The van der Waals surface area contributed by atoms with Gasteiger partial charge in [0.15, 0.2) is 0 Å². The van der Waals surface area contributed by atoms with Gasteiger partial charge in [-0.1, -0.05) is 6.92 Å². The summed E-state index contributed by atoms with van der Waals surface area (Å²) in [6, 6.07) is 2.66. The summed E-state index contributed by atoms with van der Waals surface area (Å²) in [6.45, 7) is 1.53. The van der Waals surface area contributed by atoms with E-state index in [1.165, 1.54) is 14.0 Å². The molecule has 0 heterocycles. The molecule has 1 amide bonds.